The fourth-order valence-electron chi connectivity index (χ4n) is 2.74. The van der Waals surface area contributed by atoms with Gasteiger partial charge < -0.3 is 5.11 Å². The largest absolute Gasteiger partial charge is 0.372 e. The van der Waals surface area contributed by atoms with E-state index in [9.17, 15) is 37.5 Å². The van der Waals surface area contributed by atoms with Gasteiger partial charge in [0.25, 0.3) is 17.7 Å². The summed E-state index contributed by atoms with van der Waals surface area (Å²) < 4.78 is 30.6. The lowest BCUT2D eigenvalue weighted by atomic mass is 9.91. The van der Waals surface area contributed by atoms with Gasteiger partial charge in [0.05, 0.1) is 12.1 Å². The number of benzene rings is 1. The molecule has 4 amide bonds. The van der Waals surface area contributed by atoms with E-state index in [4.69, 9.17) is 4.55 Å². The van der Waals surface area contributed by atoms with Crippen LogP contribution in [0.4, 0.5) is 5.69 Å². The molecule has 2 N–H and O–H groups in total. The standard InChI is InChI=1S/C15H10N2O9S/c18-10-4-5-11(19)16(10)9-3-1-2-8(6-9)13(21)15(23)7-12(20)17(14(15)22)27(24,25)26/h1-6,23H,7H2,(H,24,25,26). The number of rotatable bonds is 4. The molecule has 0 bridgehead atoms. The molecule has 0 saturated carbocycles. The van der Waals surface area contributed by atoms with Gasteiger partial charge in [-0.05, 0) is 12.1 Å². The van der Waals surface area contributed by atoms with Crippen LogP contribution in [0.25, 0.3) is 0 Å². The zero-order valence-corrected chi connectivity index (χ0v) is 14.0. The predicted octanol–water partition coefficient (Wildman–Crippen LogP) is -1.41. The Morgan fingerprint density at radius 2 is 1.67 bits per heavy atom. The highest BCUT2D eigenvalue weighted by Gasteiger charge is 2.59. The third-order valence-electron chi connectivity index (χ3n) is 3.95. The van der Waals surface area contributed by atoms with Gasteiger partial charge in [0, 0.05) is 17.7 Å². The van der Waals surface area contributed by atoms with E-state index in [-0.39, 0.29) is 11.3 Å². The number of anilines is 1. The van der Waals surface area contributed by atoms with Crippen molar-refractivity contribution in [1.29, 1.82) is 0 Å². The van der Waals surface area contributed by atoms with Gasteiger partial charge in [0.1, 0.15) is 0 Å². The number of hydrogen-bond acceptors (Lipinski definition) is 8. The summed E-state index contributed by atoms with van der Waals surface area (Å²) in [7, 11) is -5.31. The number of Topliss-reactive ketones (excluding diaryl/α,β-unsaturated/α-hetero) is 1. The molecule has 1 unspecified atom stereocenters. The van der Waals surface area contributed by atoms with Crippen molar-refractivity contribution in [3.63, 3.8) is 0 Å². The molecule has 1 fully saturated rings. The number of carbonyl (C=O) groups is 5. The Balaban J connectivity index is 1.99. The summed E-state index contributed by atoms with van der Waals surface area (Å²) in [5, 5.41) is 10.3. The van der Waals surface area contributed by atoms with Crippen molar-refractivity contribution in [2.75, 3.05) is 4.90 Å². The molecule has 12 heteroatoms. The molecule has 0 aliphatic carbocycles. The van der Waals surface area contributed by atoms with Crippen molar-refractivity contribution < 1.29 is 42.0 Å². The molecule has 3 rings (SSSR count). The van der Waals surface area contributed by atoms with Crippen LogP contribution in [0.1, 0.15) is 16.8 Å². The van der Waals surface area contributed by atoms with E-state index < -0.39 is 56.0 Å². The molecule has 2 aliphatic heterocycles. The van der Waals surface area contributed by atoms with E-state index in [1.54, 1.807) is 0 Å². The van der Waals surface area contributed by atoms with Crippen molar-refractivity contribution in [3.05, 3.63) is 42.0 Å². The van der Waals surface area contributed by atoms with Crippen LogP contribution in [0.5, 0.6) is 0 Å². The molecule has 2 aliphatic rings. The minimum absolute atomic E-state index is 0.0344. The molecule has 0 spiro atoms. The van der Waals surface area contributed by atoms with Crippen molar-refractivity contribution in [2.24, 2.45) is 0 Å². The zero-order valence-electron chi connectivity index (χ0n) is 13.2. The van der Waals surface area contributed by atoms with Gasteiger partial charge in [-0.15, -0.1) is 4.31 Å². The maximum absolute atomic E-state index is 12.6. The van der Waals surface area contributed by atoms with Crippen LogP contribution in [0.2, 0.25) is 0 Å². The Kier molecular flexibility index (Phi) is 4.06. The summed E-state index contributed by atoms with van der Waals surface area (Å²) >= 11 is 0. The molecule has 2 heterocycles. The Morgan fingerprint density at radius 3 is 2.19 bits per heavy atom. The topological polar surface area (TPSA) is 166 Å². The maximum Gasteiger partial charge on any atom is 0.369 e. The first-order chi connectivity index (χ1) is 12.5. The van der Waals surface area contributed by atoms with Gasteiger partial charge in [0.15, 0.2) is 0 Å². The number of hydrogen-bond donors (Lipinski definition) is 2. The molecule has 0 radical (unpaired) electrons. The van der Waals surface area contributed by atoms with Crippen LogP contribution in [0.15, 0.2) is 36.4 Å². The van der Waals surface area contributed by atoms with Gasteiger partial charge in [-0.2, -0.15) is 8.42 Å². The summed E-state index contributed by atoms with van der Waals surface area (Å²) in [6.45, 7) is 0. The van der Waals surface area contributed by atoms with Crippen molar-refractivity contribution in [3.8, 4) is 0 Å². The van der Waals surface area contributed by atoms with Crippen molar-refractivity contribution >= 4 is 45.4 Å². The number of nitrogens with zero attached hydrogens (tertiary/aromatic N) is 2. The van der Waals surface area contributed by atoms with Crippen LogP contribution >= 0.6 is 0 Å². The van der Waals surface area contributed by atoms with E-state index in [0.29, 0.717) is 0 Å². The van der Waals surface area contributed by atoms with Crippen LogP contribution in [0, 0.1) is 0 Å². The smallest absolute Gasteiger partial charge is 0.369 e. The lowest BCUT2D eigenvalue weighted by molar-refractivity contribution is -0.138. The lowest BCUT2D eigenvalue weighted by Crippen LogP contribution is -2.48. The van der Waals surface area contributed by atoms with Crippen LogP contribution in [-0.4, -0.2) is 57.4 Å². The first-order valence-corrected chi connectivity index (χ1v) is 8.65. The Morgan fingerprint density at radius 1 is 1.07 bits per heavy atom. The van der Waals surface area contributed by atoms with Crippen molar-refractivity contribution in [2.45, 2.75) is 12.0 Å². The van der Waals surface area contributed by atoms with Gasteiger partial charge in [-0.25, -0.2) is 4.90 Å². The Bertz CT molecular complexity index is 1040. The highest BCUT2D eigenvalue weighted by Crippen LogP contribution is 2.31. The van der Waals surface area contributed by atoms with Gasteiger partial charge >= 0.3 is 10.3 Å². The van der Waals surface area contributed by atoms with E-state index in [0.717, 1.165) is 29.2 Å². The molecule has 1 aromatic carbocycles. The highest BCUT2D eigenvalue weighted by atomic mass is 32.2. The molecule has 140 valence electrons. The average molecular weight is 394 g/mol. The predicted molar refractivity (Wildman–Crippen MR) is 85.4 cm³/mol. The first kappa shape index (κ1) is 18.6. The zero-order chi connectivity index (χ0) is 20.1. The van der Waals surface area contributed by atoms with Crippen LogP contribution < -0.4 is 4.90 Å². The van der Waals surface area contributed by atoms with Crippen LogP contribution in [-0.2, 0) is 29.5 Å². The third kappa shape index (κ3) is 2.85. The minimum Gasteiger partial charge on any atom is -0.372 e. The average Bonchev–Trinajstić information content (AvgIpc) is 3.03. The summed E-state index contributed by atoms with van der Waals surface area (Å²) in [5.74, 6) is -5.98. The van der Waals surface area contributed by atoms with Gasteiger partial charge in [-0.3, -0.25) is 28.5 Å². The number of carbonyl (C=O) groups excluding carboxylic acids is 5. The monoisotopic (exact) mass is 394 g/mol. The quantitative estimate of drug-likeness (QED) is 0.270. The fraction of sp³-hybridized carbons (Fsp3) is 0.133. The molecule has 11 nitrogen and oxygen atoms in total. The van der Waals surface area contributed by atoms with E-state index in [1.807, 2.05) is 0 Å². The number of imide groups is 2. The Hall–Kier alpha value is -3.22. The van der Waals surface area contributed by atoms with Gasteiger partial charge in [-0.1, -0.05) is 12.1 Å². The van der Waals surface area contributed by atoms with Crippen LogP contribution in [0.3, 0.4) is 0 Å². The van der Waals surface area contributed by atoms with E-state index >= 15 is 0 Å². The molecule has 1 aromatic rings. The van der Waals surface area contributed by atoms with E-state index in [1.165, 1.54) is 12.1 Å². The molecule has 27 heavy (non-hydrogen) atoms. The second-order valence-electron chi connectivity index (χ2n) is 5.70. The summed E-state index contributed by atoms with van der Waals surface area (Å²) in [4.78, 5) is 60.6. The fourth-order valence-corrected chi connectivity index (χ4v) is 3.42. The Labute approximate surface area is 151 Å². The minimum atomic E-state index is -5.31. The second kappa shape index (κ2) is 5.90. The van der Waals surface area contributed by atoms with Gasteiger partial charge in [0.2, 0.25) is 17.3 Å². The SMILES string of the molecule is O=C1C=CC(=O)N1c1cccc(C(=O)C2(O)CC(=O)N(S(=O)(=O)O)C2=O)c1. The molecular weight excluding hydrogens is 384 g/mol. The van der Waals surface area contributed by atoms with E-state index in [2.05, 4.69) is 0 Å². The molecule has 0 aromatic heterocycles. The molecule has 1 atom stereocenters. The normalized spacial score (nSPS) is 22.9. The highest BCUT2D eigenvalue weighted by molar-refractivity contribution is 7.84. The third-order valence-corrected chi connectivity index (χ3v) is 4.78. The lowest BCUT2D eigenvalue weighted by Gasteiger charge is -2.19. The maximum atomic E-state index is 12.6. The summed E-state index contributed by atoms with van der Waals surface area (Å²) in [6.07, 6.45) is 0.818. The molecule has 1 saturated heterocycles. The number of ketones is 1. The second-order valence-corrected chi connectivity index (χ2v) is 6.96. The first-order valence-electron chi connectivity index (χ1n) is 7.25. The summed E-state index contributed by atoms with van der Waals surface area (Å²) in [6, 6.07) is 4.73. The number of aliphatic hydroxyl groups is 1. The number of amides is 4. The summed E-state index contributed by atoms with van der Waals surface area (Å²) in [5.41, 5.74) is -3.45. The van der Waals surface area contributed by atoms with Crippen molar-refractivity contribution in [1.82, 2.24) is 4.31 Å². The molecular formula is C15H10N2O9S.